The smallest absolute Gasteiger partial charge is 0.256 e. The normalized spacial score (nSPS) is 19.9. The number of ether oxygens (including phenoxy) is 1. The Hall–Kier alpha value is -2.05. The van der Waals surface area contributed by atoms with Gasteiger partial charge in [-0.05, 0) is 43.7 Å². The zero-order chi connectivity index (χ0) is 16.7. The summed E-state index contributed by atoms with van der Waals surface area (Å²) >= 11 is 1.72. The number of fused-ring (bicyclic) bond motifs is 3. The minimum Gasteiger partial charge on any atom is -0.494 e. The highest BCUT2D eigenvalue weighted by Crippen LogP contribution is 2.40. The standard InChI is InChI=1S/C18H21N3O2S/c1-3-23-12-6-4-11(5-7-12)16-19-17(22)15-13-8-9-21(2)10-14(13)24-18(15)20-16/h4-7,16,20H,3,8-10H2,1-2H3,(H,19,22)/t16-/m1/s1. The Morgan fingerprint density at radius 2 is 2.08 bits per heavy atom. The Kier molecular flexibility index (Phi) is 3.94. The van der Waals surface area contributed by atoms with Crippen LogP contribution in [-0.4, -0.2) is 31.0 Å². The molecule has 24 heavy (non-hydrogen) atoms. The average Bonchev–Trinajstić information content (AvgIpc) is 2.93. The minimum atomic E-state index is -0.196. The Morgan fingerprint density at radius 3 is 2.83 bits per heavy atom. The molecule has 1 aromatic carbocycles. The van der Waals surface area contributed by atoms with Crippen LogP contribution in [0, 0.1) is 0 Å². The molecular formula is C18H21N3O2S. The van der Waals surface area contributed by atoms with E-state index >= 15 is 0 Å². The first-order chi connectivity index (χ1) is 11.7. The van der Waals surface area contributed by atoms with Crippen molar-refractivity contribution in [2.45, 2.75) is 26.1 Å². The number of benzene rings is 1. The first kappa shape index (κ1) is 15.5. The number of thiophene rings is 1. The van der Waals surface area contributed by atoms with E-state index in [0.717, 1.165) is 41.4 Å². The molecule has 1 aromatic heterocycles. The monoisotopic (exact) mass is 343 g/mol. The molecule has 0 radical (unpaired) electrons. The van der Waals surface area contributed by atoms with Crippen molar-refractivity contribution in [3.8, 4) is 5.75 Å². The van der Waals surface area contributed by atoms with Crippen LogP contribution in [0.1, 0.15) is 39.5 Å². The second-order valence-electron chi connectivity index (χ2n) is 6.25. The number of rotatable bonds is 3. The first-order valence-corrected chi connectivity index (χ1v) is 9.10. The molecule has 4 rings (SSSR count). The van der Waals surface area contributed by atoms with Crippen LogP contribution in [0.5, 0.6) is 5.75 Å². The molecule has 6 heteroatoms. The fraction of sp³-hybridized carbons (Fsp3) is 0.389. The van der Waals surface area contributed by atoms with Crippen LogP contribution in [0.4, 0.5) is 5.00 Å². The summed E-state index contributed by atoms with van der Waals surface area (Å²) in [6, 6.07) is 7.87. The van der Waals surface area contributed by atoms with Gasteiger partial charge in [0, 0.05) is 18.0 Å². The van der Waals surface area contributed by atoms with E-state index in [-0.39, 0.29) is 12.1 Å². The number of amides is 1. The number of hydrogen-bond acceptors (Lipinski definition) is 5. The fourth-order valence-electron chi connectivity index (χ4n) is 3.33. The quantitative estimate of drug-likeness (QED) is 0.900. The Balaban J connectivity index is 1.61. The van der Waals surface area contributed by atoms with Crippen molar-refractivity contribution in [1.82, 2.24) is 10.2 Å². The summed E-state index contributed by atoms with van der Waals surface area (Å²) in [5.41, 5.74) is 3.11. The Labute approximate surface area is 145 Å². The summed E-state index contributed by atoms with van der Waals surface area (Å²) in [4.78, 5) is 16.3. The van der Waals surface area contributed by atoms with Crippen LogP contribution in [0.25, 0.3) is 0 Å². The van der Waals surface area contributed by atoms with Crippen molar-refractivity contribution >= 4 is 22.2 Å². The van der Waals surface area contributed by atoms with Crippen molar-refractivity contribution in [3.05, 3.63) is 45.8 Å². The van der Waals surface area contributed by atoms with E-state index in [4.69, 9.17) is 4.74 Å². The van der Waals surface area contributed by atoms with Gasteiger partial charge in [0.2, 0.25) is 0 Å². The fourth-order valence-corrected chi connectivity index (χ4v) is 4.69. The lowest BCUT2D eigenvalue weighted by Gasteiger charge is -2.27. The molecule has 0 spiro atoms. The lowest BCUT2D eigenvalue weighted by molar-refractivity contribution is 0.0935. The van der Waals surface area contributed by atoms with E-state index in [0.29, 0.717) is 6.61 Å². The molecule has 1 amide bonds. The molecule has 0 unspecified atom stereocenters. The average molecular weight is 343 g/mol. The van der Waals surface area contributed by atoms with Crippen LogP contribution < -0.4 is 15.4 Å². The van der Waals surface area contributed by atoms with Crippen molar-refractivity contribution in [2.75, 3.05) is 25.5 Å². The van der Waals surface area contributed by atoms with E-state index in [2.05, 4.69) is 22.6 Å². The lowest BCUT2D eigenvalue weighted by Crippen LogP contribution is -2.38. The molecule has 126 valence electrons. The maximum absolute atomic E-state index is 12.7. The summed E-state index contributed by atoms with van der Waals surface area (Å²) in [7, 11) is 2.12. The second-order valence-corrected chi connectivity index (χ2v) is 7.35. The molecule has 0 saturated carbocycles. The molecule has 0 saturated heterocycles. The molecular weight excluding hydrogens is 322 g/mol. The zero-order valence-corrected chi connectivity index (χ0v) is 14.7. The van der Waals surface area contributed by atoms with Crippen molar-refractivity contribution in [3.63, 3.8) is 0 Å². The third-order valence-corrected chi connectivity index (χ3v) is 5.70. The topological polar surface area (TPSA) is 53.6 Å². The molecule has 0 fully saturated rings. The summed E-state index contributed by atoms with van der Waals surface area (Å²) in [6.07, 6.45) is 0.749. The Morgan fingerprint density at radius 1 is 1.29 bits per heavy atom. The van der Waals surface area contributed by atoms with Gasteiger partial charge < -0.3 is 20.3 Å². The Bertz CT molecular complexity index is 769. The van der Waals surface area contributed by atoms with Gasteiger partial charge in [-0.1, -0.05) is 12.1 Å². The number of likely N-dealkylation sites (N-methyl/N-ethyl adjacent to an activating group) is 1. The molecule has 0 bridgehead atoms. The largest absolute Gasteiger partial charge is 0.494 e. The van der Waals surface area contributed by atoms with Gasteiger partial charge in [-0.15, -0.1) is 11.3 Å². The van der Waals surface area contributed by atoms with Gasteiger partial charge in [-0.2, -0.15) is 0 Å². The number of nitrogens with zero attached hydrogens (tertiary/aromatic N) is 1. The van der Waals surface area contributed by atoms with Gasteiger partial charge in [0.25, 0.3) is 5.91 Å². The van der Waals surface area contributed by atoms with Crippen molar-refractivity contribution < 1.29 is 9.53 Å². The first-order valence-electron chi connectivity index (χ1n) is 8.29. The van der Waals surface area contributed by atoms with Crippen LogP contribution in [0.3, 0.4) is 0 Å². The number of nitrogens with one attached hydrogen (secondary N) is 2. The summed E-state index contributed by atoms with van der Waals surface area (Å²) in [5.74, 6) is 0.878. The zero-order valence-electron chi connectivity index (χ0n) is 13.9. The number of carbonyl (C=O) groups excluding carboxylic acids is 1. The molecule has 2 aliphatic rings. The maximum Gasteiger partial charge on any atom is 0.256 e. The highest BCUT2D eigenvalue weighted by atomic mass is 32.1. The molecule has 0 aliphatic carbocycles. The minimum absolute atomic E-state index is 0.0321. The van der Waals surface area contributed by atoms with Gasteiger partial charge in [-0.25, -0.2) is 0 Å². The van der Waals surface area contributed by atoms with E-state index in [1.54, 1.807) is 11.3 Å². The molecule has 2 aliphatic heterocycles. The van der Waals surface area contributed by atoms with Gasteiger partial charge in [0.15, 0.2) is 0 Å². The van der Waals surface area contributed by atoms with Crippen molar-refractivity contribution in [1.29, 1.82) is 0 Å². The van der Waals surface area contributed by atoms with E-state index in [9.17, 15) is 4.79 Å². The van der Waals surface area contributed by atoms with Crippen molar-refractivity contribution in [2.24, 2.45) is 0 Å². The summed E-state index contributed by atoms with van der Waals surface area (Å²) in [6.45, 7) is 4.55. The van der Waals surface area contributed by atoms with Crippen LogP contribution in [0.2, 0.25) is 0 Å². The molecule has 1 atom stereocenters. The SMILES string of the molecule is CCOc1ccc([C@@H]2NC(=O)c3c(sc4c3CCN(C)C4)N2)cc1. The van der Waals surface area contributed by atoms with E-state index in [1.807, 2.05) is 31.2 Å². The predicted octanol–water partition coefficient (Wildman–Crippen LogP) is 2.99. The predicted molar refractivity (Wildman–Crippen MR) is 95.8 cm³/mol. The van der Waals surface area contributed by atoms with E-state index < -0.39 is 0 Å². The second kappa shape index (κ2) is 6.11. The number of carbonyl (C=O) groups is 1. The van der Waals surface area contributed by atoms with Crippen LogP contribution >= 0.6 is 11.3 Å². The van der Waals surface area contributed by atoms with Gasteiger partial charge >= 0.3 is 0 Å². The van der Waals surface area contributed by atoms with E-state index in [1.165, 1.54) is 10.4 Å². The number of hydrogen-bond donors (Lipinski definition) is 2. The highest BCUT2D eigenvalue weighted by molar-refractivity contribution is 7.16. The van der Waals surface area contributed by atoms with Gasteiger partial charge in [0.1, 0.15) is 16.9 Å². The highest BCUT2D eigenvalue weighted by Gasteiger charge is 2.32. The third kappa shape index (κ3) is 2.65. The number of anilines is 1. The van der Waals surface area contributed by atoms with Gasteiger partial charge in [0.05, 0.1) is 12.2 Å². The maximum atomic E-state index is 12.7. The van der Waals surface area contributed by atoms with Crippen LogP contribution in [0.15, 0.2) is 24.3 Å². The van der Waals surface area contributed by atoms with Crippen LogP contribution in [-0.2, 0) is 13.0 Å². The van der Waals surface area contributed by atoms with Gasteiger partial charge in [-0.3, -0.25) is 4.79 Å². The molecule has 2 aromatic rings. The molecule has 5 nitrogen and oxygen atoms in total. The lowest BCUT2D eigenvalue weighted by atomic mass is 10.0. The third-order valence-electron chi connectivity index (χ3n) is 4.55. The summed E-state index contributed by atoms with van der Waals surface area (Å²) in [5, 5.41) is 7.58. The summed E-state index contributed by atoms with van der Waals surface area (Å²) < 4.78 is 5.48. The molecule has 3 heterocycles. The molecule has 2 N–H and O–H groups in total.